The Balaban J connectivity index is 1.39. The summed E-state index contributed by atoms with van der Waals surface area (Å²) in [5.74, 6) is -0.250. The van der Waals surface area contributed by atoms with Crippen LogP contribution in [0.15, 0.2) is 60.2 Å². The Morgan fingerprint density at radius 1 is 1.42 bits per heavy atom. The molecule has 1 aliphatic rings. The zero-order valence-electron chi connectivity index (χ0n) is 17.0. The van der Waals surface area contributed by atoms with Crippen molar-refractivity contribution in [2.24, 2.45) is 5.10 Å². The fourth-order valence-electron chi connectivity index (χ4n) is 3.27. The van der Waals surface area contributed by atoms with E-state index in [2.05, 4.69) is 25.7 Å². The fourth-order valence-corrected chi connectivity index (χ4v) is 3.49. The summed E-state index contributed by atoms with van der Waals surface area (Å²) in [5, 5.41) is 28.1. The highest BCUT2D eigenvalue weighted by Gasteiger charge is 2.32. The predicted molar refractivity (Wildman–Crippen MR) is 118 cm³/mol. The molecule has 1 amide bonds. The van der Waals surface area contributed by atoms with E-state index in [1.165, 1.54) is 0 Å². The van der Waals surface area contributed by atoms with E-state index >= 15 is 0 Å². The lowest BCUT2D eigenvalue weighted by atomic mass is 10.1. The van der Waals surface area contributed by atoms with Crippen molar-refractivity contribution >= 4 is 28.9 Å². The van der Waals surface area contributed by atoms with Crippen molar-refractivity contribution < 1.29 is 4.79 Å². The summed E-state index contributed by atoms with van der Waals surface area (Å²) < 4.78 is 1.88. The molecule has 0 fully saturated rings. The second kappa shape index (κ2) is 8.18. The first-order valence-corrected chi connectivity index (χ1v) is 9.95. The molecule has 0 aliphatic carbocycles. The van der Waals surface area contributed by atoms with Crippen LogP contribution in [-0.4, -0.2) is 44.7 Å². The summed E-state index contributed by atoms with van der Waals surface area (Å²) >= 11 is 6.11. The summed E-state index contributed by atoms with van der Waals surface area (Å²) in [5.41, 5.74) is 3.16. The number of halogens is 1. The van der Waals surface area contributed by atoms with Crippen LogP contribution in [0.4, 0.5) is 5.69 Å². The number of quaternary nitrogens is 1. The molecular weight excluding hydrogens is 416 g/mol. The first kappa shape index (κ1) is 20.5. The van der Waals surface area contributed by atoms with E-state index in [9.17, 15) is 4.79 Å². The number of carbonyl (C=O) groups is 1. The molecule has 4 rings (SSSR count). The van der Waals surface area contributed by atoms with Crippen LogP contribution in [0.25, 0.3) is 11.3 Å². The highest BCUT2D eigenvalue weighted by atomic mass is 35.5. The summed E-state index contributed by atoms with van der Waals surface area (Å²) in [6.45, 7) is 2.39. The molecule has 1 unspecified atom stereocenters. The lowest BCUT2D eigenvalue weighted by Gasteiger charge is -2.17. The second-order valence-electron chi connectivity index (χ2n) is 7.39. The van der Waals surface area contributed by atoms with Gasteiger partial charge in [0.05, 0.1) is 29.0 Å². The molecule has 0 radical (unpaired) electrons. The summed E-state index contributed by atoms with van der Waals surface area (Å²) in [4.78, 5) is 12.6. The number of H-pyrrole nitrogens is 1. The molecule has 0 spiro atoms. The predicted octanol–water partition coefficient (Wildman–Crippen LogP) is 2.82. The first-order valence-electron chi connectivity index (χ1n) is 9.57. The van der Waals surface area contributed by atoms with Gasteiger partial charge in [-0.25, -0.2) is 0 Å². The van der Waals surface area contributed by atoms with Crippen LogP contribution in [0.3, 0.4) is 0 Å². The number of hydrogen-bond acceptors (Lipinski definition) is 5. The minimum atomic E-state index is -0.250. The minimum absolute atomic E-state index is 0.128. The Kier molecular flexibility index (Phi) is 5.42. The molecule has 31 heavy (non-hydrogen) atoms. The molecule has 2 aromatic heterocycles. The Morgan fingerprint density at radius 2 is 2.26 bits per heavy atom. The molecule has 3 heterocycles. The highest BCUT2D eigenvalue weighted by Crippen LogP contribution is 2.25. The van der Waals surface area contributed by atoms with E-state index in [-0.39, 0.29) is 16.5 Å². The maximum atomic E-state index is 12.6. The van der Waals surface area contributed by atoms with Crippen LogP contribution in [0.5, 0.6) is 0 Å². The smallest absolute Gasteiger partial charge is 0.275 e. The van der Waals surface area contributed by atoms with Gasteiger partial charge in [0.25, 0.3) is 5.91 Å². The van der Waals surface area contributed by atoms with Crippen molar-refractivity contribution in [2.75, 3.05) is 7.05 Å². The maximum Gasteiger partial charge on any atom is 0.275 e. The summed E-state index contributed by atoms with van der Waals surface area (Å²) in [7, 11) is 1.87. The lowest BCUT2D eigenvalue weighted by molar-refractivity contribution is -0.115. The topological polar surface area (TPSA) is 112 Å². The van der Waals surface area contributed by atoms with Crippen LogP contribution in [-0.2, 0) is 11.3 Å². The number of rotatable bonds is 6. The van der Waals surface area contributed by atoms with Crippen LogP contribution in [0.1, 0.15) is 12.5 Å². The fraction of sp³-hybridized carbons (Fsp3) is 0.190. The number of aromatic amines is 1. The first-order chi connectivity index (χ1) is 14.9. The average Bonchev–Trinajstić information content (AvgIpc) is 3.49. The molecule has 0 saturated heterocycles. The Morgan fingerprint density at radius 3 is 2.97 bits per heavy atom. The molecule has 3 aromatic rings. The van der Waals surface area contributed by atoms with Gasteiger partial charge in [0.2, 0.25) is 5.69 Å². The number of nitrogens with zero attached hydrogens (tertiary/aromatic N) is 6. The molecule has 156 valence electrons. The van der Waals surface area contributed by atoms with Crippen molar-refractivity contribution in [2.45, 2.75) is 19.5 Å². The zero-order chi connectivity index (χ0) is 22.0. The largest absolute Gasteiger partial charge is 0.346 e. The highest BCUT2D eigenvalue weighted by molar-refractivity contribution is 6.44. The number of nitrogens with one attached hydrogen (secondary N) is 2. The van der Waals surface area contributed by atoms with Gasteiger partial charge in [-0.3, -0.25) is 14.6 Å². The molecule has 2 atom stereocenters. The van der Waals surface area contributed by atoms with Crippen LogP contribution in [0, 0.1) is 11.3 Å². The van der Waals surface area contributed by atoms with Gasteiger partial charge in [-0.2, -0.15) is 15.5 Å². The van der Waals surface area contributed by atoms with Gasteiger partial charge in [-0.15, -0.1) is 4.59 Å². The lowest BCUT2D eigenvalue weighted by Crippen LogP contribution is -2.40. The SMILES string of the molecule is CC(Cn1ccc(-c2ccc(C#N)c(Cl)c2)n1)NC(=O)C1=N[N@@+](C)(c2cn[nH]c2)C=C1. The number of carbonyl (C=O) groups excluding carboxylic acids is 1. The maximum absolute atomic E-state index is 12.6. The molecule has 2 N–H and O–H groups in total. The molecule has 1 aliphatic heterocycles. The van der Waals surface area contributed by atoms with Crippen LogP contribution >= 0.6 is 11.6 Å². The van der Waals surface area contributed by atoms with E-state index in [0.717, 1.165) is 16.9 Å². The number of amides is 1. The van der Waals surface area contributed by atoms with E-state index in [4.69, 9.17) is 16.9 Å². The van der Waals surface area contributed by atoms with Crippen molar-refractivity contribution in [1.29, 1.82) is 5.26 Å². The van der Waals surface area contributed by atoms with Gasteiger partial charge >= 0.3 is 0 Å². The van der Waals surface area contributed by atoms with Crippen LogP contribution < -0.4 is 9.91 Å². The van der Waals surface area contributed by atoms with Crippen molar-refractivity contribution in [3.8, 4) is 17.3 Å². The van der Waals surface area contributed by atoms with Crippen molar-refractivity contribution in [3.05, 3.63) is 65.7 Å². The molecular formula is C21H20ClN8O+. The molecule has 0 saturated carbocycles. The normalized spacial score (nSPS) is 18.5. The van der Waals surface area contributed by atoms with Crippen LogP contribution in [0.2, 0.25) is 5.02 Å². The van der Waals surface area contributed by atoms with Gasteiger partial charge in [0.15, 0.2) is 5.71 Å². The average molecular weight is 436 g/mol. The zero-order valence-corrected chi connectivity index (χ0v) is 17.7. The minimum Gasteiger partial charge on any atom is -0.346 e. The van der Waals surface area contributed by atoms with Gasteiger partial charge in [-0.1, -0.05) is 22.8 Å². The Labute approximate surface area is 183 Å². The molecule has 0 bridgehead atoms. The molecule has 1 aromatic carbocycles. The number of benzene rings is 1. The standard InChI is InChI=1S/C21H19ClN8O/c1-14(26-21(31)20-6-8-30(2,28-20)17-11-24-25-12-17)13-29-7-5-19(27-29)15-3-4-16(10-23)18(22)9-15/h3-9,11-12,14H,13H2,1-2H3,(H-,24,25,26,31)/p+1/t14?,30-/m1/s1. The van der Waals surface area contributed by atoms with Gasteiger partial charge < -0.3 is 5.32 Å². The van der Waals surface area contributed by atoms with Gasteiger partial charge in [-0.05, 0) is 25.1 Å². The van der Waals surface area contributed by atoms with Gasteiger partial charge in [0.1, 0.15) is 25.5 Å². The molecule has 9 nitrogen and oxygen atoms in total. The number of aromatic nitrogens is 4. The van der Waals surface area contributed by atoms with E-state index < -0.39 is 0 Å². The van der Waals surface area contributed by atoms with E-state index in [1.54, 1.807) is 35.3 Å². The quantitative estimate of drug-likeness (QED) is 0.579. The van der Waals surface area contributed by atoms with E-state index in [0.29, 0.717) is 22.8 Å². The van der Waals surface area contributed by atoms with Gasteiger partial charge in [0, 0.05) is 23.9 Å². The number of hydrogen-bond donors (Lipinski definition) is 2. The van der Waals surface area contributed by atoms with Crippen molar-refractivity contribution in [1.82, 2.24) is 29.9 Å². The summed E-state index contributed by atoms with van der Waals surface area (Å²) in [6.07, 6.45) is 8.79. The van der Waals surface area contributed by atoms with E-state index in [1.807, 2.05) is 44.6 Å². The third kappa shape index (κ3) is 4.26. The Hall–Kier alpha value is -3.74. The van der Waals surface area contributed by atoms with Crippen molar-refractivity contribution in [3.63, 3.8) is 0 Å². The Bertz CT molecular complexity index is 1220. The summed E-state index contributed by atoms with van der Waals surface area (Å²) in [6, 6.07) is 8.93. The molecule has 10 heteroatoms. The third-order valence-corrected chi connectivity index (χ3v) is 5.25. The second-order valence-corrected chi connectivity index (χ2v) is 7.80. The number of nitriles is 1. The third-order valence-electron chi connectivity index (χ3n) is 4.94. The monoisotopic (exact) mass is 435 g/mol.